The van der Waals surface area contributed by atoms with Crippen LogP contribution in [0.2, 0.25) is 5.02 Å². The van der Waals surface area contributed by atoms with E-state index in [4.69, 9.17) is 11.6 Å². The molecular weight excluding hydrogens is 331 g/mol. The van der Waals surface area contributed by atoms with Gasteiger partial charge in [0.1, 0.15) is 23.2 Å². The van der Waals surface area contributed by atoms with Crippen LogP contribution >= 0.6 is 11.6 Å². The number of aromatic nitrogens is 2. The first-order valence-electron chi connectivity index (χ1n) is 7.90. The highest BCUT2D eigenvalue weighted by molar-refractivity contribution is 6.31. The highest BCUT2D eigenvalue weighted by Gasteiger charge is 2.19. The fraction of sp³-hybridized carbons (Fsp3) is 0.353. The number of benzene rings is 1. The van der Waals surface area contributed by atoms with E-state index >= 15 is 0 Å². The summed E-state index contributed by atoms with van der Waals surface area (Å²) in [5.41, 5.74) is 0.895. The maximum Gasteiger partial charge on any atom is 0.270 e. The second-order valence-electron chi connectivity index (χ2n) is 5.89. The Morgan fingerprint density at radius 2 is 2.00 bits per heavy atom. The molecule has 1 saturated carbocycles. The number of anilines is 2. The molecule has 7 heteroatoms. The monoisotopic (exact) mass is 348 g/mol. The summed E-state index contributed by atoms with van der Waals surface area (Å²) in [7, 11) is 0. The van der Waals surface area contributed by atoms with Gasteiger partial charge in [-0.05, 0) is 38.0 Å². The maximum atomic E-state index is 13.2. The molecule has 1 aromatic carbocycles. The smallest absolute Gasteiger partial charge is 0.270 e. The first-order valence-corrected chi connectivity index (χ1v) is 8.28. The van der Waals surface area contributed by atoms with Gasteiger partial charge in [0.2, 0.25) is 0 Å². The van der Waals surface area contributed by atoms with Crippen molar-refractivity contribution in [2.24, 2.45) is 0 Å². The van der Waals surface area contributed by atoms with Crippen LogP contribution in [0.25, 0.3) is 0 Å². The molecule has 2 aromatic rings. The van der Waals surface area contributed by atoms with Crippen molar-refractivity contribution in [3.8, 4) is 0 Å². The fourth-order valence-corrected chi connectivity index (χ4v) is 2.98. The lowest BCUT2D eigenvalue weighted by atomic mass is 10.2. The summed E-state index contributed by atoms with van der Waals surface area (Å²) in [6, 6.07) is 6.09. The van der Waals surface area contributed by atoms with Crippen molar-refractivity contribution in [2.75, 3.05) is 5.32 Å². The third kappa shape index (κ3) is 4.00. The number of rotatable bonds is 4. The number of nitrogens with one attached hydrogen (secondary N) is 2. The number of amides is 1. The van der Waals surface area contributed by atoms with Crippen LogP contribution in [0.15, 0.2) is 24.3 Å². The molecule has 5 nitrogen and oxygen atoms in total. The average Bonchev–Trinajstić information content (AvgIpc) is 3.03. The van der Waals surface area contributed by atoms with E-state index in [9.17, 15) is 9.18 Å². The number of nitrogens with zero attached hydrogens (tertiary/aromatic N) is 2. The van der Waals surface area contributed by atoms with Gasteiger partial charge in [0.05, 0.1) is 5.02 Å². The van der Waals surface area contributed by atoms with Gasteiger partial charge in [-0.3, -0.25) is 4.79 Å². The van der Waals surface area contributed by atoms with E-state index in [0.717, 1.165) is 25.7 Å². The molecular formula is C17H18ClFN4O. The van der Waals surface area contributed by atoms with E-state index < -0.39 is 5.82 Å². The minimum Gasteiger partial charge on any atom is -0.348 e. The van der Waals surface area contributed by atoms with E-state index in [2.05, 4.69) is 20.6 Å². The summed E-state index contributed by atoms with van der Waals surface area (Å²) in [4.78, 5) is 20.8. The SMILES string of the molecule is Cc1nc(Nc2ccc(F)c(Cl)c2)cc(C(=O)NC2CCCC2)n1. The van der Waals surface area contributed by atoms with E-state index in [1.807, 2.05) is 0 Å². The summed E-state index contributed by atoms with van der Waals surface area (Å²) in [6.45, 7) is 1.72. The standard InChI is InChI=1S/C17H18ClFN4O/c1-10-20-15(17(24)23-11-4-2-3-5-11)9-16(21-10)22-12-6-7-14(19)13(18)8-12/h6-9,11H,2-5H2,1H3,(H,23,24)(H,20,21,22). The Hall–Kier alpha value is -2.21. The molecule has 126 valence electrons. The van der Waals surface area contributed by atoms with Gasteiger partial charge in [0, 0.05) is 17.8 Å². The first kappa shape index (κ1) is 16.6. The van der Waals surface area contributed by atoms with Gasteiger partial charge in [0.15, 0.2) is 0 Å². The van der Waals surface area contributed by atoms with Gasteiger partial charge in [-0.25, -0.2) is 14.4 Å². The Kier molecular flexibility index (Phi) is 4.94. The molecule has 0 aliphatic heterocycles. The van der Waals surface area contributed by atoms with E-state index in [1.165, 1.54) is 12.1 Å². The van der Waals surface area contributed by atoms with Crippen molar-refractivity contribution < 1.29 is 9.18 Å². The van der Waals surface area contributed by atoms with Gasteiger partial charge in [-0.2, -0.15) is 0 Å². The first-order chi connectivity index (χ1) is 11.5. The molecule has 24 heavy (non-hydrogen) atoms. The Morgan fingerprint density at radius 1 is 1.25 bits per heavy atom. The number of hydrogen-bond acceptors (Lipinski definition) is 4. The van der Waals surface area contributed by atoms with Crippen molar-refractivity contribution in [1.29, 1.82) is 0 Å². The van der Waals surface area contributed by atoms with E-state index in [-0.39, 0.29) is 17.0 Å². The molecule has 2 N–H and O–H groups in total. The van der Waals surface area contributed by atoms with Crippen molar-refractivity contribution in [2.45, 2.75) is 38.6 Å². The summed E-state index contributed by atoms with van der Waals surface area (Å²) in [5, 5.41) is 6.04. The Labute approximate surface area is 144 Å². The zero-order valence-corrected chi connectivity index (χ0v) is 14.0. The van der Waals surface area contributed by atoms with Crippen LogP contribution < -0.4 is 10.6 Å². The lowest BCUT2D eigenvalue weighted by Gasteiger charge is -2.13. The zero-order valence-electron chi connectivity index (χ0n) is 13.3. The minimum atomic E-state index is -0.488. The van der Waals surface area contributed by atoms with E-state index in [1.54, 1.807) is 19.1 Å². The average molecular weight is 349 g/mol. The fourth-order valence-electron chi connectivity index (χ4n) is 2.80. The van der Waals surface area contributed by atoms with Gasteiger partial charge < -0.3 is 10.6 Å². The zero-order chi connectivity index (χ0) is 17.1. The molecule has 1 amide bonds. The normalized spacial score (nSPS) is 14.6. The topological polar surface area (TPSA) is 66.9 Å². The summed E-state index contributed by atoms with van der Waals surface area (Å²) in [5.74, 6) is 0.247. The lowest BCUT2D eigenvalue weighted by molar-refractivity contribution is 0.0932. The Morgan fingerprint density at radius 3 is 2.71 bits per heavy atom. The number of aryl methyl sites for hydroxylation is 1. The third-order valence-corrected chi connectivity index (χ3v) is 4.24. The van der Waals surface area contributed by atoms with Gasteiger partial charge in [-0.1, -0.05) is 24.4 Å². The highest BCUT2D eigenvalue weighted by Crippen LogP contribution is 2.22. The van der Waals surface area contributed by atoms with Crippen LogP contribution in [0, 0.1) is 12.7 Å². The minimum absolute atomic E-state index is 0.0185. The van der Waals surface area contributed by atoms with Crippen molar-refractivity contribution in [3.05, 3.63) is 46.6 Å². The molecule has 0 saturated heterocycles. The lowest BCUT2D eigenvalue weighted by Crippen LogP contribution is -2.33. The van der Waals surface area contributed by atoms with Crippen LogP contribution in [0.5, 0.6) is 0 Å². The number of carbonyl (C=O) groups is 1. The van der Waals surface area contributed by atoms with Gasteiger partial charge in [-0.15, -0.1) is 0 Å². The highest BCUT2D eigenvalue weighted by atomic mass is 35.5. The Balaban J connectivity index is 1.77. The molecule has 0 atom stereocenters. The largest absolute Gasteiger partial charge is 0.348 e. The second kappa shape index (κ2) is 7.13. The van der Waals surface area contributed by atoms with Crippen molar-refractivity contribution >= 4 is 29.0 Å². The third-order valence-electron chi connectivity index (χ3n) is 3.95. The van der Waals surface area contributed by atoms with Crippen molar-refractivity contribution in [1.82, 2.24) is 15.3 Å². The summed E-state index contributed by atoms with van der Waals surface area (Å²) < 4.78 is 13.2. The van der Waals surface area contributed by atoms with Crippen LogP contribution in [0.1, 0.15) is 42.0 Å². The predicted molar refractivity (Wildman–Crippen MR) is 91.2 cm³/mol. The molecule has 0 bridgehead atoms. The van der Waals surface area contributed by atoms with Crippen molar-refractivity contribution in [3.63, 3.8) is 0 Å². The number of carbonyl (C=O) groups excluding carboxylic acids is 1. The van der Waals surface area contributed by atoms with Crippen LogP contribution in [-0.2, 0) is 0 Å². The Bertz CT molecular complexity index is 762. The molecule has 1 fully saturated rings. The molecule has 1 aliphatic rings. The molecule has 3 rings (SSSR count). The number of halogens is 2. The molecule has 0 spiro atoms. The molecule has 1 aliphatic carbocycles. The van der Waals surface area contributed by atoms with Crippen LogP contribution in [-0.4, -0.2) is 21.9 Å². The molecule has 0 radical (unpaired) electrons. The van der Waals surface area contributed by atoms with Crippen LogP contribution in [0.4, 0.5) is 15.9 Å². The van der Waals surface area contributed by atoms with Gasteiger partial charge >= 0.3 is 0 Å². The molecule has 1 heterocycles. The molecule has 1 aromatic heterocycles. The van der Waals surface area contributed by atoms with Crippen LogP contribution in [0.3, 0.4) is 0 Å². The number of hydrogen-bond donors (Lipinski definition) is 2. The quantitative estimate of drug-likeness (QED) is 0.876. The summed E-state index contributed by atoms with van der Waals surface area (Å²) >= 11 is 5.78. The maximum absolute atomic E-state index is 13.2. The molecule has 0 unspecified atom stereocenters. The summed E-state index contributed by atoms with van der Waals surface area (Å²) in [6.07, 6.45) is 4.31. The van der Waals surface area contributed by atoms with E-state index in [0.29, 0.717) is 23.0 Å². The second-order valence-corrected chi connectivity index (χ2v) is 6.30. The predicted octanol–water partition coefficient (Wildman–Crippen LogP) is 3.99. The van der Waals surface area contributed by atoms with Gasteiger partial charge in [0.25, 0.3) is 5.91 Å².